The lowest BCUT2D eigenvalue weighted by atomic mass is 10.2. The maximum absolute atomic E-state index is 13.6. The van der Waals surface area contributed by atoms with Crippen LogP contribution in [-0.2, 0) is 16.1 Å². The van der Waals surface area contributed by atoms with Gasteiger partial charge in [-0.2, -0.15) is 4.68 Å². The molecule has 0 atom stereocenters. The maximum atomic E-state index is 13.6. The van der Waals surface area contributed by atoms with Crippen molar-refractivity contribution in [3.63, 3.8) is 0 Å². The van der Waals surface area contributed by atoms with Gasteiger partial charge in [-0.1, -0.05) is 30.3 Å². The smallest absolute Gasteiger partial charge is 0.357 e. The topological polar surface area (TPSA) is 94.8 Å². The van der Waals surface area contributed by atoms with Crippen LogP contribution in [0.1, 0.15) is 17.1 Å². The lowest BCUT2D eigenvalue weighted by molar-refractivity contribution is -0.138. The summed E-state index contributed by atoms with van der Waals surface area (Å²) < 4.78 is 20.2. The van der Waals surface area contributed by atoms with Gasteiger partial charge in [-0.05, 0) is 53.3 Å². The summed E-state index contributed by atoms with van der Waals surface area (Å²) in [7, 11) is 0. The van der Waals surface area contributed by atoms with E-state index in [-0.39, 0.29) is 12.3 Å². The number of aryl methyl sites for hydroxylation is 1. The molecular weight excluding hydrogens is 419 g/mol. The van der Waals surface area contributed by atoms with Crippen molar-refractivity contribution in [2.75, 3.05) is 5.32 Å². The summed E-state index contributed by atoms with van der Waals surface area (Å²) in [5.41, 5.74) is 2.04. The van der Waals surface area contributed by atoms with Gasteiger partial charge in [0, 0.05) is 11.1 Å². The third kappa shape index (κ3) is 5.17. The Morgan fingerprint density at radius 2 is 2.06 bits per heavy atom. The first-order valence-corrected chi connectivity index (χ1v) is 10.1. The molecule has 156 valence electrons. The summed E-state index contributed by atoms with van der Waals surface area (Å²) in [4.78, 5) is 17.2. The van der Waals surface area contributed by atoms with Gasteiger partial charge in [-0.3, -0.25) is 0 Å². The number of carbonyl (C=O) groups is 1. The van der Waals surface area contributed by atoms with Crippen molar-refractivity contribution in [2.24, 2.45) is 0 Å². The van der Waals surface area contributed by atoms with Crippen molar-refractivity contribution in [1.29, 1.82) is 0 Å². The van der Waals surface area contributed by atoms with E-state index in [0.717, 1.165) is 5.69 Å². The molecule has 2 aromatic heterocycles. The monoisotopic (exact) mass is 436 g/mol. The Morgan fingerprint density at radius 1 is 1.23 bits per heavy atom. The molecule has 0 fully saturated rings. The van der Waals surface area contributed by atoms with E-state index in [4.69, 9.17) is 4.74 Å². The Kier molecular flexibility index (Phi) is 6.08. The Hall–Kier alpha value is -3.92. The predicted molar refractivity (Wildman–Crippen MR) is 115 cm³/mol. The van der Waals surface area contributed by atoms with Crippen molar-refractivity contribution in [2.45, 2.75) is 13.5 Å². The highest BCUT2D eigenvalue weighted by atomic mass is 32.1. The normalized spacial score (nSPS) is 11.4. The van der Waals surface area contributed by atoms with Crippen LogP contribution in [0, 0.1) is 12.7 Å². The molecule has 0 saturated carbocycles. The third-order valence-corrected chi connectivity index (χ3v) is 4.95. The minimum Gasteiger partial charge on any atom is -0.454 e. The van der Waals surface area contributed by atoms with E-state index in [1.165, 1.54) is 34.2 Å². The Balaban J connectivity index is 1.49. The Bertz CT molecular complexity index is 1220. The molecule has 31 heavy (non-hydrogen) atoms. The number of rotatable bonds is 7. The highest BCUT2D eigenvalue weighted by molar-refractivity contribution is 7.13. The second-order valence-electron chi connectivity index (χ2n) is 6.43. The quantitative estimate of drug-likeness (QED) is 0.345. The van der Waals surface area contributed by atoms with Gasteiger partial charge < -0.3 is 10.1 Å². The van der Waals surface area contributed by atoms with Crippen molar-refractivity contribution in [1.82, 2.24) is 25.2 Å². The summed E-state index contributed by atoms with van der Waals surface area (Å²) in [6.07, 6.45) is 1.47. The number of para-hydroxylation sites is 1. The third-order valence-electron chi connectivity index (χ3n) is 4.14. The van der Waals surface area contributed by atoms with E-state index in [2.05, 4.69) is 25.8 Å². The molecule has 0 aliphatic heterocycles. The second kappa shape index (κ2) is 9.26. The van der Waals surface area contributed by atoms with Crippen molar-refractivity contribution in [3.05, 3.63) is 82.9 Å². The number of tetrazole rings is 1. The number of carbonyl (C=O) groups excluding carboxylic acids is 1. The van der Waals surface area contributed by atoms with Crippen LogP contribution in [0.4, 0.5) is 15.2 Å². The van der Waals surface area contributed by atoms with Crippen molar-refractivity contribution >= 4 is 39.9 Å². The number of hydrogen-bond donors (Lipinski definition) is 1. The molecule has 0 spiro atoms. The number of ether oxygens (including phenoxy) is 1. The van der Waals surface area contributed by atoms with Crippen molar-refractivity contribution in [3.8, 4) is 0 Å². The molecule has 1 N–H and O–H groups in total. The molecule has 0 bridgehead atoms. The molecule has 0 unspecified atom stereocenters. The molecule has 10 heteroatoms. The van der Waals surface area contributed by atoms with E-state index in [0.29, 0.717) is 22.2 Å². The largest absolute Gasteiger partial charge is 0.454 e. The lowest BCUT2D eigenvalue weighted by Gasteiger charge is -2.08. The van der Waals surface area contributed by atoms with Gasteiger partial charge in [0.2, 0.25) is 0 Å². The van der Waals surface area contributed by atoms with Crippen LogP contribution in [0.2, 0.25) is 0 Å². The zero-order valence-electron chi connectivity index (χ0n) is 16.4. The highest BCUT2D eigenvalue weighted by Gasteiger charge is 2.18. The first-order chi connectivity index (χ1) is 15.1. The van der Waals surface area contributed by atoms with E-state index >= 15 is 0 Å². The van der Waals surface area contributed by atoms with Gasteiger partial charge >= 0.3 is 5.97 Å². The molecule has 2 heterocycles. The van der Waals surface area contributed by atoms with E-state index in [9.17, 15) is 9.18 Å². The molecule has 0 radical (unpaired) electrons. The first kappa shape index (κ1) is 20.4. The average molecular weight is 436 g/mol. The number of nitrogens with zero attached hydrogens (tertiary/aromatic N) is 5. The van der Waals surface area contributed by atoms with Gasteiger partial charge in [0.25, 0.3) is 0 Å². The molecule has 0 saturated heterocycles. The van der Waals surface area contributed by atoms with Crippen LogP contribution in [0.15, 0.2) is 60.0 Å². The number of esters is 1. The fourth-order valence-corrected chi connectivity index (χ4v) is 3.42. The molecule has 0 aliphatic rings. The van der Waals surface area contributed by atoms with Crippen LogP contribution in [0.25, 0.3) is 11.8 Å². The van der Waals surface area contributed by atoms with Crippen LogP contribution < -0.4 is 5.32 Å². The average Bonchev–Trinajstić information content (AvgIpc) is 3.40. The first-order valence-electron chi connectivity index (χ1n) is 9.25. The van der Waals surface area contributed by atoms with E-state index in [1.54, 1.807) is 24.4 Å². The summed E-state index contributed by atoms with van der Waals surface area (Å²) in [6.45, 7) is 1.61. The van der Waals surface area contributed by atoms with Gasteiger partial charge in [-0.25, -0.2) is 14.2 Å². The standard InChI is InChI=1S/C21H17FN6O2S/c1-14-25-26-27-28(14)19(11-15-6-5-7-16(22)10-15)20(29)30-12-18-13-31-21(24-18)23-17-8-3-2-4-9-17/h2-11,13H,12H2,1H3,(H,23,24)/b19-11-. The number of aromatic nitrogens is 5. The number of hydrogen-bond acceptors (Lipinski definition) is 8. The Labute approximate surface area is 181 Å². The van der Waals surface area contributed by atoms with Crippen LogP contribution >= 0.6 is 11.3 Å². The SMILES string of the molecule is Cc1nnnn1/C(=C\c1cccc(F)c1)C(=O)OCc1csc(Nc2ccccc2)n1. The fraction of sp³-hybridized carbons (Fsp3) is 0.0952. The fourth-order valence-electron chi connectivity index (χ4n) is 2.70. The van der Waals surface area contributed by atoms with Crippen LogP contribution in [-0.4, -0.2) is 31.2 Å². The van der Waals surface area contributed by atoms with Crippen LogP contribution in [0.3, 0.4) is 0 Å². The maximum Gasteiger partial charge on any atom is 0.357 e. The minimum absolute atomic E-state index is 0.0343. The van der Waals surface area contributed by atoms with Crippen LogP contribution in [0.5, 0.6) is 0 Å². The van der Waals surface area contributed by atoms with E-state index < -0.39 is 11.8 Å². The summed E-state index contributed by atoms with van der Waals surface area (Å²) in [5, 5.41) is 16.9. The van der Waals surface area contributed by atoms with Gasteiger partial charge in [0.1, 0.15) is 12.4 Å². The molecule has 4 aromatic rings. The summed E-state index contributed by atoms with van der Waals surface area (Å²) in [5.74, 6) is -0.691. The molecule has 2 aromatic carbocycles. The number of anilines is 2. The molecule has 0 amide bonds. The minimum atomic E-state index is -0.662. The number of thiazole rings is 1. The molecule has 0 aliphatic carbocycles. The molecule has 8 nitrogen and oxygen atoms in total. The second-order valence-corrected chi connectivity index (χ2v) is 7.29. The van der Waals surface area contributed by atoms with Gasteiger partial charge in [-0.15, -0.1) is 16.4 Å². The lowest BCUT2D eigenvalue weighted by Crippen LogP contribution is -2.15. The van der Waals surface area contributed by atoms with E-state index in [1.807, 2.05) is 30.3 Å². The Morgan fingerprint density at radius 3 is 2.81 bits per heavy atom. The summed E-state index contributed by atoms with van der Waals surface area (Å²) >= 11 is 1.40. The number of benzene rings is 2. The van der Waals surface area contributed by atoms with Crippen molar-refractivity contribution < 1.29 is 13.9 Å². The summed E-state index contributed by atoms with van der Waals surface area (Å²) in [6, 6.07) is 15.5. The predicted octanol–water partition coefficient (Wildman–Crippen LogP) is 4.06. The van der Waals surface area contributed by atoms with Gasteiger partial charge in [0.15, 0.2) is 16.7 Å². The molecular formula is C21H17FN6O2S. The highest BCUT2D eigenvalue weighted by Crippen LogP contribution is 2.22. The molecule has 4 rings (SSSR count). The number of halogens is 1. The van der Waals surface area contributed by atoms with Gasteiger partial charge in [0.05, 0.1) is 5.69 Å². The number of nitrogens with one attached hydrogen (secondary N) is 1. The zero-order valence-corrected chi connectivity index (χ0v) is 17.2. The zero-order chi connectivity index (χ0) is 21.6.